The number of hydrogen-bond acceptors (Lipinski definition) is 5. The Morgan fingerprint density at radius 3 is 1.43 bits per heavy atom. The van der Waals surface area contributed by atoms with Crippen LogP contribution in [-0.4, -0.2) is 46.9 Å². The monoisotopic (exact) mass is 842 g/mol. The van der Waals surface area contributed by atoms with Gasteiger partial charge in [-0.05, 0) is 83.5 Å². The van der Waals surface area contributed by atoms with Crippen molar-refractivity contribution in [1.82, 2.24) is 5.32 Å². The molecule has 350 valence electrons. The fourth-order valence-corrected chi connectivity index (χ4v) is 7.73. The Morgan fingerprint density at radius 2 is 0.900 bits per heavy atom. The van der Waals surface area contributed by atoms with E-state index in [-0.39, 0.29) is 24.9 Å². The van der Waals surface area contributed by atoms with Gasteiger partial charge in [0.15, 0.2) is 0 Å². The van der Waals surface area contributed by atoms with E-state index in [4.69, 9.17) is 4.74 Å². The smallest absolute Gasteiger partial charge is 0.306 e. The van der Waals surface area contributed by atoms with Crippen molar-refractivity contribution in [3.05, 3.63) is 48.6 Å². The number of aliphatic hydroxyl groups excluding tert-OH is 2. The number of ether oxygens (including phenoxy) is 1. The van der Waals surface area contributed by atoms with E-state index in [0.717, 1.165) is 103 Å². The van der Waals surface area contributed by atoms with Gasteiger partial charge in [0.1, 0.15) is 6.10 Å². The number of amides is 1. The molecule has 0 rings (SSSR count). The zero-order valence-corrected chi connectivity index (χ0v) is 39.8. The summed E-state index contributed by atoms with van der Waals surface area (Å²) in [5.74, 6) is -0.513. The normalized spacial score (nSPS) is 13.6. The van der Waals surface area contributed by atoms with Crippen LogP contribution in [0.2, 0.25) is 0 Å². The van der Waals surface area contributed by atoms with Gasteiger partial charge in [0.05, 0.1) is 25.2 Å². The van der Waals surface area contributed by atoms with Gasteiger partial charge in [-0.2, -0.15) is 0 Å². The summed E-state index contributed by atoms with van der Waals surface area (Å²) in [7, 11) is 0. The summed E-state index contributed by atoms with van der Waals surface area (Å²) in [6, 6.07) is -0.710. The van der Waals surface area contributed by atoms with Gasteiger partial charge in [-0.15, -0.1) is 0 Å². The lowest BCUT2D eigenvalue weighted by molar-refractivity contribution is -0.151. The number of rotatable bonds is 46. The van der Waals surface area contributed by atoms with E-state index in [2.05, 4.69) is 74.7 Å². The van der Waals surface area contributed by atoms with Crippen molar-refractivity contribution in [2.45, 2.75) is 277 Å². The van der Waals surface area contributed by atoms with Crippen LogP contribution in [0.4, 0.5) is 0 Å². The third-order valence-electron chi connectivity index (χ3n) is 11.6. The standard InChI is InChI=1S/C54H99NO5/c1-4-7-10-13-16-19-22-24-26-27-28-29-31-34-37-40-43-46-52(57)51(49-56)55-53(58)48-50(45-42-39-36-33-21-18-15-12-9-6-3)60-54(59)47-44-41-38-35-32-30-25-23-20-17-14-11-8-5-2/h8,11,17-18,20-21,25,30,50-52,56-57H,4-7,9-10,12-16,19,22-24,26-29,31-49H2,1-3H3,(H,55,58)/b11-8+,20-17+,21-18-,30-25+. The molecule has 0 aromatic heterocycles. The lowest BCUT2D eigenvalue weighted by Gasteiger charge is -2.24. The summed E-state index contributed by atoms with van der Waals surface area (Å²) in [5.41, 5.74) is 0. The number of nitrogens with one attached hydrogen (secondary N) is 1. The fraction of sp³-hybridized carbons (Fsp3) is 0.815. The van der Waals surface area contributed by atoms with E-state index in [9.17, 15) is 19.8 Å². The van der Waals surface area contributed by atoms with E-state index in [1.807, 2.05) is 0 Å². The molecule has 3 N–H and O–H groups in total. The van der Waals surface area contributed by atoms with Gasteiger partial charge in [-0.3, -0.25) is 9.59 Å². The van der Waals surface area contributed by atoms with Gasteiger partial charge in [0.25, 0.3) is 0 Å². The molecule has 0 aliphatic rings. The molecule has 0 bridgehead atoms. The lowest BCUT2D eigenvalue weighted by Crippen LogP contribution is -2.46. The molecule has 0 saturated carbocycles. The zero-order valence-electron chi connectivity index (χ0n) is 39.8. The van der Waals surface area contributed by atoms with Gasteiger partial charge in [0.2, 0.25) is 5.91 Å². The van der Waals surface area contributed by atoms with Crippen LogP contribution in [0.3, 0.4) is 0 Å². The third-order valence-corrected chi connectivity index (χ3v) is 11.6. The van der Waals surface area contributed by atoms with Gasteiger partial charge in [-0.25, -0.2) is 0 Å². The summed E-state index contributed by atoms with van der Waals surface area (Å²) >= 11 is 0. The molecule has 0 aliphatic carbocycles. The molecule has 0 radical (unpaired) electrons. The van der Waals surface area contributed by atoms with Crippen molar-refractivity contribution in [3.8, 4) is 0 Å². The van der Waals surface area contributed by atoms with Crippen LogP contribution >= 0.6 is 0 Å². The number of allylic oxidation sites excluding steroid dienone is 8. The molecule has 3 unspecified atom stereocenters. The Kier molecular flexibility index (Phi) is 46.1. The minimum atomic E-state index is -0.795. The highest BCUT2D eigenvalue weighted by molar-refractivity contribution is 5.77. The Labute approximate surface area is 372 Å². The first-order chi connectivity index (χ1) is 29.5. The number of carbonyl (C=O) groups excluding carboxylic acids is 2. The Morgan fingerprint density at radius 1 is 0.500 bits per heavy atom. The average molecular weight is 842 g/mol. The molecule has 1 amide bonds. The van der Waals surface area contributed by atoms with Crippen molar-refractivity contribution < 1.29 is 24.5 Å². The molecule has 6 heteroatoms. The topological polar surface area (TPSA) is 95.9 Å². The molecule has 6 nitrogen and oxygen atoms in total. The maximum Gasteiger partial charge on any atom is 0.306 e. The van der Waals surface area contributed by atoms with E-state index >= 15 is 0 Å². The Hall–Kier alpha value is -2.18. The van der Waals surface area contributed by atoms with Crippen LogP contribution in [0, 0.1) is 0 Å². The predicted molar refractivity (Wildman–Crippen MR) is 259 cm³/mol. The van der Waals surface area contributed by atoms with Crippen molar-refractivity contribution >= 4 is 11.9 Å². The van der Waals surface area contributed by atoms with Crippen LogP contribution in [0.1, 0.15) is 258 Å². The molecule has 0 heterocycles. The van der Waals surface area contributed by atoms with E-state index in [1.165, 1.54) is 109 Å². The highest BCUT2D eigenvalue weighted by Crippen LogP contribution is 2.18. The molecule has 0 aliphatic heterocycles. The van der Waals surface area contributed by atoms with Gasteiger partial charge < -0.3 is 20.3 Å². The SMILES string of the molecule is CC/C=C/C/C=C/C/C=C/CCCCCCC(=O)OC(CCCCC/C=C\CCCCC)CC(=O)NC(CO)C(O)CCCCCCCCCCCCCCCCCCC. The lowest BCUT2D eigenvalue weighted by atomic mass is 10.0. The first-order valence-electron chi connectivity index (χ1n) is 25.9. The molecule has 0 spiro atoms. The summed E-state index contributed by atoms with van der Waals surface area (Å²) in [6.07, 6.45) is 57.5. The molecule has 0 saturated heterocycles. The minimum Gasteiger partial charge on any atom is -0.462 e. The average Bonchev–Trinajstić information content (AvgIpc) is 3.24. The second-order valence-electron chi connectivity index (χ2n) is 17.5. The first-order valence-corrected chi connectivity index (χ1v) is 25.9. The summed E-state index contributed by atoms with van der Waals surface area (Å²) in [5, 5.41) is 23.8. The minimum absolute atomic E-state index is 0.0579. The maximum absolute atomic E-state index is 13.2. The first kappa shape index (κ1) is 57.8. The molecular formula is C54H99NO5. The number of unbranched alkanes of at least 4 members (excludes halogenated alkanes) is 26. The fourth-order valence-electron chi connectivity index (χ4n) is 7.73. The number of carbonyl (C=O) groups is 2. The van der Waals surface area contributed by atoms with E-state index in [1.54, 1.807) is 0 Å². The van der Waals surface area contributed by atoms with Crippen molar-refractivity contribution in [1.29, 1.82) is 0 Å². The van der Waals surface area contributed by atoms with E-state index in [0.29, 0.717) is 19.3 Å². The third kappa shape index (κ3) is 42.5. The van der Waals surface area contributed by atoms with Gasteiger partial charge in [-0.1, -0.05) is 211 Å². The molecule has 0 aromatic carbocycles. The summed E-state index contributed by atoms with van der Waals surface area (Å²) < 4.78 is 5.90. The van der Waals surface area contributed by atoms with Crippen LogP contribution in [-0.2, 0) is 14.3 Å². The van der Waals surface area contributed by atoms with Gasteiger partial charge in [0, 0.05) is 6.42 Å². The summed E-state index contributed by atoms with van der Waals surface area (Å²) in [4.78, 5) is 26.1. The second-order valence-corrected chi connectivity index (χ2v) is 17.5. The van der Waals surface area contributed by atoms with Crippen molar-refractivity contribution in [2.24, 2.45) is 0 Å². The van der Waals surface area contributed by atoms with Crippen molar-refractivity contribution in [2.75, 3.05) is 6.61 Å². The number of hydrogen-bond donors (Lipinski definition) is 3. The van der Waals surface area contributed by atoms with Gasteiger partial charge >= 0.3 is 5.97 Å². The zero-order chi connectivity index (χ0) is 43.8. The second kappa shape index (κ2) is 47.9. The highest BCUT2D eigenvalue weighted by Gasteiger charge is 2.24. The number of aliphatic hydroxyl groups is 2. The van der Waals surface area contributed by atoms with Crippen LogP contribution in [0.15, 0.2) is 48.6 Å². The Bertz CT molecular complexity index is 1040. The highest BCUT2D eigenvalue weighted by atomic mass is 16.5. The van der Waals surface area contributed by atoms with Crippen molar-refractivity contribution in [3.63, 3.8) is 0 Å². The number of esters is 1. The molecule has 60 heavy (non-hydrogen) atoms. The molecule has 0 fully saturated rings. The molecular weight excluding hydrogens is 743 g/mol. The Balaban J connectivity index is 4.49. The van der Waals surface area contributed by atoms with Crippen LogP contribution < -0.4 is 5.32 Å². The quantitative estimate of drug-likeness (QED) is 0.0322. The molecule has 0 aromatic rings. The predicted octanol–water partition coefficient (Wildman–Crippen LogP) is 15.5. The maximum atomic E-state index is 13.2. The summed E-state index contributed by atoms with van der Waals surface area (Å²) in [6.45, 7) is 6.34. The van der Waals surface area contributed by atoms with Crippen LogP contribution in [0.25, 0.3) is 0 Å². The van der Waals surface area contributed by atoms with E-state index < -0.39 is 18.2 Å². The largest absolute Gasteiger partial charge is 0.462 e. The molecule has 3 atom stereocenters. The van der Waals surface area contributed by atoms with Crippen LogP contribution in [0.5, 0.6) is 0 Å².